The summed E-state index contributed by atoms with van der Waals surface area (Å²) in [7, 11) is 0. The van der Waals surface area contributed by atoms with Gasteiger partial charge < -0.3 is 5.32 Å². The minimum atomic E-state index is -0.110. The third-order valence-electron chi connectivity index (χ3n) is 3.69. The second-order valence-corrected chi connectivity index (χ2v) is 5.12. The number of nitrogens with one attached hydrogen (secondary N) is 1. The van der Waals surface area contributed by atoms with Crippen LogP contribution in [-0.4, -0.2) is 12.6 Å². The van der Waals surface area contributed by atoms with E-state index in [1.165, 1.54) is 31.7 Å². The van der Waals surface area contributed by atoms with Crippen molar-refractivity contribution < 1.29 is 4.39 Å². The zero-order chi connectivity index (χ0) is 12.1. The summed E-state index contributed by atoms with van der Waals surface area (Å²) in [5.41, 5.74) is 1.15. The van der Waals surface area contributed by atoms with Crippen molar-refractivity contribution in [2.45, 2.75) is 45.1 Å². The summed E-state index contributed by atoms with van der Waals surface area (Å²) >= 11 is 0. The highest BCUT2D eigenvalue weighted by Crippen LogP contribution is 2.27. The second-order valence-electron chi connectivity index (χ2n) is 5.12. The molecule has 0 saturated heterocycles. The van der Waals surface area contributed by atoms with Gasteiger partial charge in [0.2, 0.25) is 0 Å². The van der Waals surface area contributed by atoms with Gasteiger partial charge >= 0.3 is 0 Å². The molecule has 0 radical (unpaired) electrons. The van der Waals surface area contributed by atoms with Crippen LogP contribution in [0.15, 0.2) is 24.3 Å². The Labute approximate surface area is 103 Å². The predicted molar refractivity (Wildman–Crippen MR) is 69.5 cm³/mol. The van der Waals surface area contributed by atoms with Crippen LogP contribution in [0.2, 0.25) is 0 Å². The van der Waals surface area contributed by atoms with Crippen molar-refractivity contribution in [1.29, 1.82) is 0 Å². The van der Waals surface area contributed by atoms with Gasteiger partial charge in [0.1, 0.15) is 5.82 Å². The summed E-state index contributed by atoms with van der Waals surface area (Å²) in [6.45, 7) is 3.22. The van der Waals surface area contributed by atoms with Crippen molar-refractivity contribution in [3.05, 3.63) is 35.6 Å². The summed E-state index contributed by atoms with van der Waals surface area (Å²) < 4.78 is 13.1. The van der Waals surface area contributed by atoms with E-state index >= 15 is 0 Å². The molecule has 1 aromatic rings. The van der Waals surface area contributed by atoms with Gasteiger partial charge in [-0.3, -0.25) is 0 Å². The first-order chi connectivity index (χ1) is 8.28. The van der Waals surface area contributed by atoms with Crippen LogP contribution in [0.3, 0.4) is 0 Å². The van der Waals surface area contributed by atoms with E-state index in [-0.39, 0.29) is 5.82 Å². The molecule has 1 aliphatic carbocycles. The van der Waals surface area contributed by atoms with E-state index in [9.17, 15) is 4.39 Å². The van der Waals surface area contributed by atoms with Crippen molar-refractivity contribution in [3.8, 4) is 0 Å². The van der Waals surface area contributed by atoms with E-state index in [1.54, 1.807) is 6.07 Å². The van der Waals surface area contributed by atoms with Gasteiger partial charge in [-0.15, -0.1) is 0 Å². The van der Waals surface area contributed by atoms with Gasteiger partial charge in [-0.2, -0.15) is 0 Å². The summed E-state index contributed by atoms with van der Waals surface area (Å²) in [5, 5.41) is 3.54. The van der Waals surface area contributed by atoms with E-state index in [0.717, 1.165) is 24.4 Å². The third kappa shape index (κ3) is 3.81. The van der Waals surface area contributed by atoms with Crippen LogP contribution >= 0.6 is 0 Å². The van der Waals surface area contributed by atoms with Crippen molar-refractivity contribution in [3.63, 3.8) is 0 Å². The Morgan fingerprint density at radius 3 is 3.00 bits per heavy atom. The highest BCUT2D eigenvalue weighted by atomic mass is 19.1. The standard InChI is InChI=1S/C15H22FN/c1-2-17-15-8-4-6-13(11-15)9-12-5-3-7-14(16)10-12/h3,5,7,10,13,15,17H,2,4,6,8-9,11H2,1H3. The smallest absolute Gasteiger partial charge is 0.123 e. The molecule has 2 atom stereocenters. The number of halogens is 1. The first-order valence-electron chi connectivity index (χ1n) is 6.75. The maximum absolute atomic E-state index is 13.1. The molecule has 0 aromatic heterocycles. The van der Waals surface area contributed by atoms with Crippen LogP contribution in [0.4, 0.5) is 4.39 Å². The first-order valence-corrected chi connectivity index (χ1v) is 6.75. The Balaban J connectivity index is 1.90. The number of hydrogen-bond acceptors (Lipinski definition) is 1. The van der Waals surface area contributed by atoms with Gasteiger partial charge in [-0.05, 0) is 49.4 Å². The van der Waals surface area contributed by atoms with Crippen LogP contribution in [0.1, 0.15) is 38.2 Å². The lowest BCUT2D eigenvalue weighted by atomic mass is 9.82. The van der Waals surface area contributed by atoms with Gasteiger partial charge in [0.05, 0.1) is 0 Å². The van der Waals surface area contributed by atoms with E-state index in [1.807, 2.05) is 12.1 Å². The predicted octanol–water partition coefficient (Wildman–Crippen LogP) is 3.54. The summed E-state index contributed by atoms with van der Waals surface area (Å²) in [6, 6.07) is 7.73. The van der Waals surface area contributed by atoms with Crippen molar-refractivity contribution in [2.24, 2.45) is 5.92 Å². The molecule has 1 N–H and O–H groups in total. The van der Waals surface area contributed by atoms with E-state index < -0.39 is 0 Å². The van der Waals surface area contributed by atoms with Crippen LogP contribution in [0, 0.1) is 11.7 Å². The molecule has 1 fully saturated rings. The van der Waals surface area contributed by atoms with E-state index in [2.05, 4.69) is 12.2 Å². The Morgan fingerprint density at radius 2 is 2.24 bits per heavy atom. The molecule has 0 heterocycles. The highest BCUT2D eigenvalue weighted by molar-refractivity contribution is 5.17. The average Bonchev–Trinajstić information content (AvgIpc) is 2.30. The number of benzene rings is 1. The quantitative estimate of drug-likeness (QED) is 0.841. The molecule has 1 aliphatic rings. The molecular formula is C15H22FN. The van der Waals surface area contributed by atoms with Crippen LogP contribution < -0.4 is 5.32 Å². The van der Waals surface area contributed by atoms with Gasteiger partial charge in [0.25, 0.3) is 0 Å². The zero-order valence-electron chi connectivity index (χ0n) is 10.6. The lowest BCUT2D eigenvalue weighted by molar-refractivity contribution is 0.287. The third-order valence-corrected chi connectivity index (χ3v) is 3.69. The minimum absolute atomic E-state index is 0.110. The lowest BCUT2D eigenvalue weighted by Gasteiger charge is -2.29. The van der Waals surface area contributed by atoms with E-state index in [0.29, 0.717) is 6.04 Å². The topological polar surface area (TPSA) is 12.0 Å². The lowest BCUT2D eigenvalue weighted by Crippen LogP contribution is -2.34. The molecule has 17 heavy (non-hydrogen) atoms. The van der Waals surface area contributed by atoms with Gasteiger partial charge in [0, 0.05) is 6.04 Å². The molecule has 0 spiro atoms. The molecule has 2 rings (SSSR count). The molecule has 0 aliphatic heterocycles. The fourth-order valence-electron chi connectivity index (χ4n) is 2.95. The Morgan fingerprint density at radius 1 is 1.35 bits per heavy atom. The van der Waals surface area contributed by atoms with Crippen LogP contribution in [0.5, 0.6) is 0 Å². The fourth-order valence-corrected chi connectivity index (χ4v) is 2.95. The molecule has 1 saturated carbocycles. The summed E-state index contributed by atoms with van der Waals surface area (Å²) in [6.07, 6.45) is 6.16. The van der Waals surface area contributed by atoms with Crippen LogP contribution in [0.25, 0.3) is 0 Å². The Bertz CT molecular complexity index is 349. The normalized spacial score (nSPS) is 24.8. The van der Waals surface area contributed by atoms with Crippen LogP contribution in [-0.2, 0) is 6.42 Å². The molecule has 1 nitrogen and oxygen atoms in total. The van der Waals surface area contributed by atoms with Gasteiger partial charge in [-0.25, -0.2) is 4.39 Å². The maximum atomic E-state index is 13.1. The van der Waals surface area contributed by atoms with Crippen molar-refractivity contribution >= 4 is 0 Å². The maximum Gasteiger partial charge on any atom is 0.123 e. The Hall–Kier alpha value is -0.890. The molecule has 1 aromatic carbocycles. The zero-order valence-corrected chi connectivity index (χ0v) is 10.6. The monoisotopic (exact) mass is 235 g/mol. The number of rotatable bonds is 4. The average molecular weight is 235 g/mol. The fraction of sp³-hybridized carbons (Fsp3) is 0.600. The summed E-state index contributed by atoms with van der Waals surface area (Å²) in [4.78, 5) is 0. The molecule has 0 bridgehead atoms. The van der Waals surface area contributed by atoms with Crippen molar-refractivity contribution in [2.75, 3.05) is 6.54 Å². The molecule has 2 unspecified atom stereocenters. The largest absolute Gasteiger partial charge is 0.314 e. The van der Waals surface area contributed by atoms with Gasteiger partial charge in [-0.1, -0.05) is 31.9 Å². The Kier molecular flexibility index (Phi) is 4.55. The van der Waals surface area contributed by atoms with Crippen molar-refractivity contribution in [1.82, 2.24) is 5.32 Å². The minimum Gasteiger partial charge on any atom is -0.314 e. The summed E-state index contributed by atoms with van der Waals surface area (Å²) in [5.74, 6) is 0.608. The first kappa shape index (κ1) is 12.6. The molecular weight excluding hydrogens is 213 g/mol. The number of hydrogen-bond donors (Lipinski definition) is 1. The van der Waals surface area contributed by atoms with E-state index in [4.69, 9.17) is 0 Å². The second kappa shape index (κ2) is 6.15. The van der Waals surface area contributed by atoms with Gasteiger partial charge in [0.15, 0.2) is 0 Å². The molecule has 94 valence electrons. The molecule has 2 heteroatoms. The molecule has 0 amide bonds. The highest BCUT2D eigenvalue weighted by Gasteiger charge is 2.21. The SMILES string of the molecule is CCNC1CCCC(Cc2cccc(F)c2)C1.